The molecule has 0 amide bonds. The smallest absolute Gasteiger partial charge is 0.188 e. The first-order valence-electron chi connectivity index (χ1n) is 7.54. The highest BCUT2D eigenvalue weighted by molar-refractivity contribution is 5.95. The summed E-state index contributed by atoms with van der Waals surface area (Å²) in [6.45, 7) is 5.57. The lowest BCUT2D eigenvalue weighted by molar-refractivity contribution is 0.123. The molecular formula is C16H26N4O. The van der Waals surface area contributed by atoms with Gasteiger partial charge in [0, 0.05) is 18.8 Å². The topological polar surface area (TPSA) is 74.7 Å². The summed E-state index contributed by atoms with van der Waals surface area (Å²) in [5.74, 6) is 0.0546. The summed E-state index contributed by atoms with van der Waals surface area (Å²) in [6.07, 6.45) is 6.78. The molecule has 0 bridgehead atoms. The molecule has 0 spiro atoms. The molecular weight excluding hydrogens is 264 g/mol. The van der Waals surface area contributed by atoms with E-state index in [2.05, 4.69) is 35.9 Å². The zero-order valence-corrected chi connectivity index (χ0v) is 13.2. The number of hydrogen-bond donors (Lipinski definition) is 2. The van der Waals surface area contributed by atoms with E-state index in [1.165, 1.54) is 25.7 Å². The second-order valence-electron chi connectivity index (χ2n) is 6.85. The molecule has 1 aromatic heterocycles. The van der Waals surface area contributed by atoms with E-state index in [1.807, 2.05) is 12.1 Å². The van der Waals surface area contributed by atoms with Crippen molar-refractivity contribution in [2.45, 2.75) is 52.1 Å². The van der Waals surface area contributed by atoms with Gasteiger partial charge >= 0.3 is 0 Å². The zero-order valence-electron chi connectivity index (χ0n) is 13.2. The third kappa shape index (κ3) is 4.17. The normalized spacial score (nSPS) is 19.9. The minimum Gasteiger partial charge on any atom is -0.409 e. The Morgan fingerprint density at radius 1 is 1.48 bits per heavy atom. The minimum atomic E-state index is 0.0546. The lowest BCUT2D eigenvalue weighted by Crippen LogP contribution is -2.36. The summed E-state index contributed by atoms with van der Waals surface area (Å²) in [7, 11) is 2.17. The molecule has 5 heteroatoms. The van der Waals surface area contributed by atoms with Gasteiger partial charge in [-0.25, -0.2) is 0 Å². The molecule has 1 saturated carbocycles. The van der Waals surface area contributed by atoms with Crippen molar-refractivity contribution in [2.75, 3.05) is 7.05 Å². The van der Waals surface area contributed by atoms with Gasteiger partial charge in [-0.15, -0.1) is 0 Å². The van der Waals surface area contributed by atoms with Crippen molar-refractivity contribution in [3.63, 3.8) is 0 Å². The summed E-state index contributed by atoms with van der Waals surface area (Å²) < 4.78 is 0. The molecule has 0 saturated heterocycles. The lowest BCUT2D eigenvalue weighted by atomic mass is 9.75. The van der Waals surface area contributed by atoms with Crippen LogP contribution in [0, 0.1) is 5.41 Å². The summed E-state index contributed by atoms with van der Waals surface area (Å²) in [6, 6.07) is 4.51. The molecule has 0 aliphatic heterocycles. The van der Waals surface area contributed by atoms with Gasteiger partial charge in [0.1, 0.15) is 5.69 Å². The van der Waals surface area contributed by atoms with E-state index in [-0.39, 0.29) is 5.84 Å². The number of amidine groups is 1. The summed E-state index contributed by atoms with van der Waals surface area (Å²) in [5, 5.41) is 11.7. The predicted octanol–water partition coefficient (Wildman–Crippen LogP) is 2.58. The van der Waals surface area contributed by atoms with Crippen LogP contribution < -0.4 is 5.73 Å². The number of rotatable bonds is 4. The molecule has 2 rings (SSSR count). The number of nitrogens with zero attached hydrogens (tertiary/aromatic N) is 3. The first-order chi connectivity index (χ1) is 9.91. The van der Waals surface area contributed by atoms with Crippen molar-refractivity contribution in [3.8, 4) is 0 Å². The third-order valence-electron chi connectivity index (χ3n) is 4.56. The van der Waals surface area contributed by atoms with Crippen LogP contribution in [0.1, 0.15) is 50.8 Å². The second kappa shape index (κ2) is 6.43. The van der Waals surface area contributed by atoms with Crippen molar-refractivity contribution >= 4 is 5.84 Å². The van der Waals surface area contributed by atoms with Crippen molar-refractivity contribution in [1.82, 2.24) is 9.88 Å². The first kappa shape index (κ1) is 15.8. The first-order valence-corrected chi connectivity index (χ1v) is 7.54. The molecule has 21 heavy (non-hydrogen) atoms. The summed E-state index contributed by atoms with van der Waals surface area (Å²) >= 11 is 0. The second-order valence-corrected chi connectivity index (χ2v) is 6.85. The fourth-order valence-electron chi connectivity index (χ4n) is 3.01. The Hall–Kier alpha value is -1.62. The molecule has 0 radical (unpaired) electrons. The quantitative estimate of drug-likeness (QED) is 0.387. The van der Waals surface area contributed by atoms with E-state index in [0.717, 1.165) is 12.1 Å². The molecule has 0 aromatic carbocycles. The highest BCUT2D eigenvalue weighted by Gasteiger charge is 2.28. The molecule has 0 unspecified atom stereocenters. The largest absolute Gasteiger partial charge is 0.409 e. The highest BCUT2D eigenvalue weighted by atomic mass is 16.4. The molecule has 1 aliphatic carbocycles. The van der Waals surface area contributed by atoms with E-state index in [4.69, 9.17) is 10.9 Å². The average molecular weight is 290 g/mol. The van der Waals surface area contributed by atoms with Gasteiger partial charge < -0.3 is 10.9 Å². The average Bonchev–Trinajstić information content (AvgIpc) is 2.46. The standard InChI is InChI=1S/C16H26N4O/c1-16(2)7-4-13(5-8-16)20(3)11-12-6-9-18-14(10-12)15(17)19-21/h6,9-10,13,21H,4-5,7-8,11H2,1-3H3,(H2,17,19). The van der Waals surface area contributed by atoms with E-state index in [1.54, 1.807) is 6.20 Å². The van der Waals surface area contributed by atoms with Gasteiger partial charge in [0.05, 0.1) is 0 Å². The third-order valence-corrected chi connectivity index (χ3v) is 4.56. The summed E-state index contributed by atoms with van der Waals surface area (Å²) in [4.78, 5) is 6.52. The van der Waals surface area contributed by atoms with Crippen molar-refractivity contribution in [1.29, 1.82) is 0 Å². The Labute approximate surface area is 126 Å². The van der Waals surface area contributed by atoms with Gasteiger partial charge in [-0.3, -0.25) is 9.88 Å². The molecule has 0 atom stereocenters. The van der Waals surface area contributed by atoms with E-state index < -0.39 is 0 Å². The Balaban J connectivity index is 1.98. The van der Waals surface area contributed by atoms with Crippen molar-refractivity contribution < 1.29 is 5.21 Å². The highest BCUT2D eigenvalue weighted by Crippen LogP contribution is 2.36. The van der Waals surface area contributed by atoms with Crippen LogP contribution >= 0.6 is 0 Å². The van der Waals surface area contributed by atoms with Gasteiger partial charge in [0.25, 0.3) is 0 Å². The van der Waals surface area contributed by atoms with Gasteiger partial charge in [0.15, 0.2) is 5.84 Å². The van der Waals surface area contributed by atoms with Crippen LogP contribution in [0.15, 0.2) is 23.5 Å². The Bertz CT molecular complexity index is 503. The number of nitrogens with two attached hydrogens (primary N) is 1. The lowest BCUT2D eigenvalue weighted by Gasteiger charge is -2.38. The van der Waals surface area contributed by atoms with Gasteiger partial charge in [-0.1, -0.05) is 19.0 Å². The number of oxime groups is 1. The Morgan fingerprint density at radius 2 is 2.14 bits per heavy atom. The Morgan fingerprint density at radius 3 is 2.76 bits per heavy atom. The monoisotopic (exact) mass is 290 g/mol. The summed E-state index contributed by atoms with van der Waals surface area (Å²) in [5.41, 5.74) is 7.74. The zero-order chi connectivity index (χ0) is 15.5. The maximum absolute atomic E-state index is 8.73. The minimum absolute atomic E-state index is 0.0546. The van der Waals surface area contributed by atoms with Gasteiger partial charge in [0.2, 0.25) is 0 Å². The van der Waals surface area contributed by atoms with Crippen LogP contribution in [0.25, 0.3) is 0 Å². The SMILES string of the molecule is CN(Cc1ccnc(/C(N)=N/O)c1)C1CCC(C)(C)CC1. The maximum Gasteiger partial charge on any atom is 0.188 e. The fraction of sp³-hybridized carbons (Fsp3) is 0.625. The van der Waals surface area contributed by atoms with E-state index >= 15 is 0 Å². The van der Waals surface area contributed by atoms with E-state index in [9.17, 15) is 0 Å². The molecule has 5 nitrogen and oxygen atoms in total. The van der Waals surface area contributed by atoms with Crippen LogP contribution in [0.3, 0.4) is 0 Å². The number of aromatic nitrogens is 1. The van der Waals surface area contributed by atoms with Crippen LogP contribution in [-0.2, 0) is 6.54 Å². The molecule has 1 aliphatic rings. The van der Waals surface area contributed by atoms with Gasteiger partial charge in [-0.2, -0.15) is 0 Å². The Kier molecular flexibility index (Phi) is 4.83. The molecule has 1 heterocycles. The molecule has 116 valence electrons. The molecule has 1 fully saturated rings. The van der Waals surface area contributed by atoms with Crippen LogP contribution in [0.2, 0.25) is 0 Å². The van der Waals surface area contributed by atoms with Crippen LogP contribution in [0.4, 0.5) is 0 Å². The van der Waals surface area contributed by atoms with Crippen molar-refractivity contribution in [3.05, 3.63) is 29.6 Å². The van der Waals surface area contributed by atoms with Crippen LogP contribution in [-0.4, -0.2) is 34.0 Å². The van der Waals surface area contributed by atoms with Crippen LogP contribution in [0.5, 0.6) is 0 Å². The molecule has 1 aromatic rings. The molecule has 3 N–H and O–H groups in total. The fourth-order valence-corrected chi connectivity index (χ4v) is 3.01. The van der Waals surface area contributed by atoms with Gasteiger partial charge in [-0.05, 0) is 55.8 Å². The number of pyridine rings is 1. The van der Waals surface area contributed by atoms with Crippen molar-refractivity contribution in [2.24, 2.45) is 16.3 Å². The predicted molar refractivity (Wildman–Crippen MR) is 84.3 cm³/mol. The number of hydrogen-bond acceptors (Lipinski definition) is 4. The van der Waals surface area contributed by atoms with E-state index in [0.29, 0.717) is 17.2 Å². The maximum atomic E-state index is 8.73.